The minimum absolute atomic E-state index is 0. The first-order chi connectivity index (χ1) is 10.2. The Morgan fingerprint density at radius 2 is 2.27 bits per heavy atom. The van der Waals surface area contributed by atoms with Crippen molar-refractivity contribution in [1.29, 1.82) is 0 Å². The Balaban J connectivity index is 0.00000176. The first-order valence-corrected chi connectivity index (χ1v) is 8.38. The number of amides is 1. The molecular formula is C15H23ClN2O3S. The lowest BCUT2D eigenvalue weighted by molar-refractivity contribution is -0.165. The molecule has 1 N–H and O–H groups in total. The van der Waals surface area contributed by atoms with E-state index >= 15 is 0 Å². The number of ether oxygens (including phenoxy) is 2. The Morgan fingerprint density at radius 3 is 2.91 bits per heavy atom. The molecular weight excluding hydrogens is 324 g/mol. The maximum absolute atomic E-state index is 12.9. The fourth-order valence-corrected chi connectivity index (χ4v) is 3.82. The molecule has 7 heteroatoms. The molecule has 3 heterocycles. The van der Waals surface area contributed by atoms with E-state index in [1.807, 2.05) is 10.3 Å². The summed E-state index contributed by atoms with van der Waals surface area (Å²) in [4.78, 5) is 14.9. The van der Waals surface area contributed by atoms with Gasteiger partial charge in [0.25, 0.3) is 5.91 Å². The van der Waals surface area contributed by atoms with Gasteiger partial charge in [-0.15, -0.1) is 12.4 Å². The number of thiophene rings is 1. The van der Waals surface area contributed by atoms with Gasteiger partial charge in [0.1, 0.15) is 11.7 Å². The third-order valence-electron chi connectivity index (χ3n) is 4.46. The van der Waals surface area contributed by atoms with E-state index in [0.29, 0.717) is 19.7 Å². The molecule has 2 aliphatic rings. The molecule has 0 saturated carbocycles. The fraction of sp³-hybridized carbons (Fsp3) is 0.667. The number of morpholine rings is 1. The molecule has 0 radical (unpaired) electrons. The van der Waals surface area contributed by atoms with Crippen LogP contribution in [0.2, 0.25) is 0 Å². The van der Waals surface area contributed by atoms with Crippen LogP contribution in [0.1, 0.15) is 24.5 Å². The van der Waals surface area contributed by atoms with Crippen molar-refractivity contribution in [2.45, 2.75) is 24.5 Å². The zero-order valence-corrected chi connectivity index (χ0v) is 14.4. The van der Waals surface area contributed by atoms with Gasteiger partial charge in [-0.3, -0.25) is 4.79 Å². The summed E-state index contributed by atoms with van der Waals surface area (Å²) in [5.74, 6) is 0.120. The second-order valence-electron chi connectivity index (χ2n) is 5.62. The van der Waals surface area contributed by atoms with Gasteiger partial charge in [-0.1, -0.05) is 0 Å². The molecule has 2 aliphatic heterocycles. The summed E-state index contributed by atoms with van der Waals surface area (Å²) >= 11 is 1.66. The molecule has 1 unspecified atom stereocenters. The van der Waals surface area contributed by atoms with E-state index in [0.717, 1.165) is 31.5 Å². The van der Waals surface area contributed by atoms with Crippen molar-refractivity contribution in [1.82, 2.24) is 10.2 Å². The van der Waals surface area contributed by atoms with Crippen LogP contribution in [-0.4, -0.2) is 56.3 Å². The lowest BCUT2D eigenvalue weighted by Crippen LogP contribution is -2.57. The summed E-state index contributed by atoms with van der Waals surface area (Å²) in [6.45, 7) is 3.52. The average Bonchev–Trinajstić information content (AvgIpc) is 3.09. The van der Waals surface area contributed by atoms with Crippen LogP contribution < -0.4 is 5.32 Å². The highest BCUT2D eigenvalue weighted by Gasteiger charge is 2.43. The van der Waals surface area contributed by atoms with Crippen LogP contribution in [0.25, 0.3) is 0 Å². The Morgan fingerprint density at radius 1 is 1.50 bits per heavy atom. The van der Waals surface area contributed by atoms with Gasteiger partial charge in [0.15, 0.2) is 0 Å². The second-order valence-corrected chi connectivity index (χ2v) is 6.40. The number of methoxy groups -OCH3 is 1. The smallest absolute Gasteiger partial charge is 0.255 e. The molecule has 3 rings (SSSR count). The molecule has 22 heavy (non-hydrogen) atoms. The number of carbonyl (C=O) groups excluding carboxylic acids is 1. The van der Waals surface area contributed by atoms with Crippen molar-refractivity contribution in [3.8, 4) is 0 Å². The van der Waals surface area contributed by atoms with E-state index in [1.165, 1.54) is 0 Å². The maximum Gasteiger partial charge on any atom is 0.255 e. The minimum Gasteiger partial charge on any atom is -0.370 e. The Hall–Kier alpha value is -0.660. The van der Waals surface area contributed by atoms with Gasteiger partial charge in [-0.25, -0.2) is 0 Å². The zero-order valence-electron chi connectivity index (χ0n) is 12.7. The van der Waals surface area contributed by atoms with Crippen LogP contribution in [0.5, 0.6) is 0 Å². The maximum atomic E-state index is 12.9. The number of piperidine rings is 1. The highest BCUT2D eigenvalue weighted by molar-refractivity contribution is 7.07. The predicted molar refractivity (Wildman–Crippen MR) is 88.7 cm³/mol. The van der Waals surface area contributed by atoms with Crippen LogP contribution >= 0.6 is 23.7 Å². The highest BCUT2D eigenvalue weighted by atomic mass is 35.5. The lowest BCUT2D eigenvalue weighted by Gasteiger charge is -2.41. The quantitative estimate of drug-likeness (QED) is 0.907. The molecule has 0 spiro atoms. The fourth-order valence-electron chi connectivity index (χ4n) is 3.12. The molecule has 1 aromatic rings. The van der Waals surface area contributed by atoms with Crippen LogP contribution in [0.15, 0.2) is 16.8 Å². The zero-order chi connectivity index (χ0) is 14.7. The Bertz CT molecular complexity index is 477. The molecule has 0 bridgehead atoms. The third-order valence-corrected chi connectivity index (χ3v) is 5.16. The SMILES string of the molecule is COC1(C(=O)N2CCOC(c3ccsc3)C2)CCNCC1.Cl. The van der Waals surface area contributed by atoms with E-state index < -0.39 is 5.60 Å². The number of halogens is 1. The summed E-state index contributed by atoms with van der Waals surface area (Å²) in [5, 5.41) is 7.43. The van der Waals surface area contributed by atoms with Crippen molar-refractivity contribution in [3.63, 3.8) is 0 Å². The summed E-state index contributed by atoms with van der Waals surface area (Å²) in [7, 11) is 1.65. The Labute approximate surface area is 141 Å². The van der Waals surface area contributed by atoms with Crippen molar-refractivity contribution in [3.05, 3.63) is 22.4 Å². The van der Waals surface area contributed by atoms with E-state index in [4.69, 9.17) is 9.47 Å². The number of carbonyl (C=O) groups is 1. The largest absolute Gasteiger partial charge is 0.370 e. The molecule has 0 aromatic carbocycles. The molecule has 124 valence electrons. The number of nitrogens with one attached hydrogen (secondary N) is 1. The summed E-state index contributed by atoms with van der Waals surface area (Å²) in [6, 6.07) is 2.07. The first-order valence-electron chi connectivity index (χ1n) is 7.44. The monoisotopic (exact) mass is 346 g/mol. The molecule has 2 fully saturated rings. The van der Waals surface area contributed by atoms with Crippen LogP contribution in [0.3, 0.4) is 0 Å². The molecule has 1 aromatic heterocycles. The van der Waals surface area contributed by atoms with E-state index in [-0.39, 0.29) is 24.4 Å². The van der Waals surface area contributed by atoms with Crippen LogP contribution in [-0.2, 0) is 14.3 Å². The first kappa shape index (κ1) is 17.7. The van der Waals surface area contributed by atoms with Gasteiger partial charge < -0.3 is 19.7 Å². The van der Waals surface area contributed by atoms with Crippen molar-refractivity contribution >= 4 is 29.7 Å². The molecule has 2 saturated heterocycles. The third kappa shape index (κ3) is 3.46. The highest BCUT2D eigenvalue weighted by Crippen LogP contribution is 2.29. The lowest BCUT2D eigenvalue weighted by atomic mass is 9.90. The van der Waals surface area contributed by atoms with E-state index in [1.54, 1.807) is 18.4 Å². The van der Waals surface area contributed by atoms with Gasteiger partial charge >= 0.3 is 0 Å². The Kier molecular flexibility index (Phi) is 6.23. The number of nitrogens with zero attached hydrogens (tertiary/aromatic N) is 1. The number of hydrogen-bond acceptors (Lipinski definition) is 5. The topological polar surface area (TPSA) is 50.8 Å². The van der Waals surface area contributed by atoms with E-state index in [2.05, 4.69) is 16.8 Å². The number of rotatable bonds is 3. The standard InChI is InChI=1S/C15H22N2O3S.ClH/c1-19-15(3-5-16-6-4-15)14(18)17-7-8-20-13(10-17)12-2-9-21-11-12;/h2,9,11,13,16H,3-8,10H2,1H3;1H. The van der Waals surface area contributed by atoms with Crippen LogP contribution in [0, 0.1) is 0 Å². The molecule has 0 aliphatic carbocycles. The summed E-state index contributed by atoms with van der Waals surface area (Å²) < 4.78 is 11.5. The number of hydrogen-bond donors (Lipinski definition) is 1. The molecule has 1 amide bonds. The average molecular weight is 347 g/mol. The van der Waals surface area contributed by atoms with Gasteiger partial charge in [-0.2, -0.15) is 11.3 Å². The van der Waals surface area contributed by atoms with E-state index in [9.17, 15) is 4.79 Å². The van der Waals surface area contributed by atoms with Crippen molar-refractivity contribution in [2.24, 2.45) is 0 Å². The molecule has 5 nitrogen and oxygen atoms in total. The van der Waals surface area contributed by atoms with Gasteiger partial charge in [0.05, 0.1) is 13.2 Å². The van der Waals surface area contributed by atoms with Crippen molar-refractivity contribution in [2.75, 3.05) is 39.9 Å². The molecule has 1 atom stereocenters. The van der Waals surface area contributed by atoms with Gasteiger partial charge in [0, 0.05) is 13.7 Å². The minimum atomic E-state index is -0.651. The van der Waals surface area contributed by atoms with Gasteiger partial charge in [-0.05, 0) is 48.3 Å². The summed E-state index contributed by atoms with van der Waals surface area (Å²) in [5.41, 5.74) is 0.510. The second kappa shape index (κ2) is 7.75. The van der Waals surface area contributed by atoms with Gasteiger partial charge in [0.2, 0.25) is 0 Å². The summed E-state index contributed by atoms with van der Waals surface area (Å²) in [6.07, 6.45) is 1.47. The van der Waals surface area contributed by atoms with Crippen molar-refractivity contribution < 1.29 is 14.3 Å². The van der Waals surface area contributed by atoms with Crippen LogP contribution in [0.4, 0.5) is 0 Å². The normalized spacial score (nSPS) is 24.6. The predicted octanol–water partition coefficient (Wildman–Crippen LogP) is 1.84.